The van der Waals surface area contributed by atoms with Gasteiger partial charge in [0.25, 0.3) is 5.91 Å². The third-order valence-electron chi connectivity index (χ3n) is 5.02. The van der Waals surface area contributed by atoms with Crippen molar-refractivity contribution in [1.82, 2.24) is 25.0 Å². The summed E-state index contributed by atoms with van der Waals surface area (Å²) in [5.74, 6) is -1.52. The largest absolute Gasteiger partial charge is 0.477 e. The van der Waals surface area contributed by atoms with Gasteiger partial charge in [0.2, 0.25) is 5.91 Å². The topological polar surface area (TPSA) is 154 Å². The molecule has 0 radical (unpaired) electrons. The lowest BCUT2D eigenvalue weighted by molar-refractivity contribution is -0.150. The maximum Gasteiger partial charge on any atom is 0.352 e. The number of rotatable bonds is 8. The van der Waals surface area contributed by atoms with Crippen LogP contribution in [-0.4, -0.2) is 65.5 Å². The average molecular weight is 510 g/mol. The lowest BCUT2D eigenvalue weighted by Crippen LogP contribution is -2.70. The number of aryl methyl sites for hydroxylation is 1. The molecule has 2 aliphatic heterocycles. The third-order valence-corrected chi connectivity index (χ3v) is 8.19. The van der Waals surface area contributed by atoms with Crippen molar-refractivity contribution in [2.45, 2.75) is 36.5 Å². The van der Waals surface area contributed by atoms with E-state index in [4.69, 9.17) is 0 Å². The van der Waals surface area contributed by atoms with Gasteiger partial charge in [0.15, 0.2) is 5.16 Å². The third kappa shape index (κ3) is 4.63. The number of nitrogens with one attached hydrogen (secondary N) is 2. The summed E-state index contributed by atoms with van der Waals surface area (Å²) in [6.07, 6.45) is 0.160. The SMILES string of the molecule is CCn1nc(SCC2=C(C(=O)O)N3C(=O)[C@@H](NC(=O)Cc4cccs4)[C@H]3SC2)[nH]c(=O)c1=O. The van der Waals surface area contributed by atoms with Gasteiger partial charge in [0.05, 0.1) is 6.42 Å². The Bertz CT molecular complexity index is 1250. The molecule has 14 heteroatoms. The van der Waals surface area contributed by atoms with Gasteiger partial charge in [-0.25, -0.2) is 9.48 Å². The summed E-state index contributed by atoms with van der Waals surface area (Å²) in [7, 11) is 0. The Balaban J connectivity index is 1.47. The molecular weight excluding hydrogens is 490 g/mol. The van der Waals surface area contributed by atoms with Crippen molar-refractivity contribution in [3.05, 3.63) is 54.4 Å². The van der Waals surface area contributed by atoms with Crippen LogP contribution >= 0.6 is 34.9 Å². The first-order chi connectivity index (χ1) is 15.8. The number of β-lactam (4-membered cyclic amide) rings is 1. The number of thiophene rings is 1. The van der Waals surface area contributed by atoms with Gasteiger partial charge in [-0.2, -0.15) is 0 Å². The van der Waals surface area contributed by atoms with E-state index in [1.807, 2.05) is 17.5 Å². The van der Waals surface area contributed by atoms with Gasteiger partial charge in [-0.05, 0) is 23.9 Å². The number of thioether (sulfide) groups is 2. The molecule has 174 valence electrons. The zero-order valence-electron chi connectivity index (χ0n) is 17.3. The Kier molecular flexibility index (Phi) is 6.76. The number of carbonyl (C=O) groups excluding carboxylic acids is 2. The molecule has 11 nitrogen and oxygen atoms in total. The molecule has 0 bridgehead atoms. The molecule has 2 aromatic rings. The van der Waals surface area contributed by atoms with Crippen molar-refractivity contribution in [3.8, 4) is 0 Å². The molecular formula is C19H19N5O6S3. The number of aliphatic carboxylic acids is 1. The molecule has 4 heterocycles. The summed E-state index contributed by atoms with van der Waals surface area (Å²) in [5, 5.41) is 18.1. The summed E-state index contributed by atoms with van der Waals surface area (Å²) in [6.45, 7) is 1.90. The van der Waals surface area contributed by atoms with Crippen LogP contribution in [0.3, 0.4) is 0 Å². The maximum atomic E-state index is 12.7. The molecule has 4 rings (SSSR count). The highest BCUT2D eigenvalue weighted by Gasteiger charge is 2.54. The number of hydrogen-bond donors (Lipinski definition) is 3. The molecule has 0 aromatic carbocycles. The summed E-state index contributed by atoms with van der Waals surface area (Å²) in [5.41, 5.74) is -1.20. The zero-order valence-corrected chi connectivity index (χ0v) is 19.7. The number of carboxylic acids is 1. The number of aromatic amines is 1. The molecule has 3 N–H and O–H groups in total. The fourth-order valence-electron chi connectivity index (χ4n) is 3.47. The summed E-state index contributed by atoms with van der Waals surface area (Å²) >= 11 is 3.88. The highest BCUT2D eigenvalue weighted by atomic mass is 32.2. The monoisotopic (exact) mass is 509 g/mol. The zero-order chi connectivity index (χ0) is 23.7. The number of carbonyl (C=O) groups is 3. The van der Waals surface area contributed by atoms with Crippen molar-refractivity contribution < 1.29 is 19.5 Å². The van der Waals surface area contributed by atoms with Crippen LogP contribution in [0, 0.1) is 0 Å². The molecule has 0 saturated carbocycles. The predicted octanol–water partition coefficient (Wildman–Crippen LogP) is 0.0864. The van der Waals surface area contributed by atoms with E-state index in [1.54, 1.807) is 6.92 Å². The summed E-state index contributed by atoms with van der Waals surface area (Å²) < 4.78 is 1.03. The number of hydrogen-bond acceptors (Lipinski definition) is 9. The molecule has 1 fully saturated rings. The Morgan fingerprint density at radius 2 is 2.15 bits per heavy atom. The Hall–Kier alpha value is -2.84. The highest BCUT2D eigenvalue weighted by Crippen LogP contribution is 2.41. The van der Waals surface area contributed by atoms with Crippen LogP contribution in [-0.2, 0) is 27.3 Å². The first-order valence-electron chi connectivity index (χ1n) is 9.86. The van der Waals surface area contributed by atoms with Gasteiger partial charge in [0.1, 0.15) is 17.1 Å². The van der Waals surface area contributed by atoms with Crippen LogP contribution in [0.15, 0.2) is 43.5 Å². The van der Waals surface area contributed by atoms with E-state index >= 15 is 0 Å². The second-order valence-corrected chi connectivity index (χ2v) is 10.2. The van der Waals surface area contributed by atoms with Gasteiger partial charge >= 0.3 is 17.1 Å². The van der Waals surface area contributed by atoms with E-state index in [1.165, 1.54) is 28.0 Å². The average Bonchev–Trinajstić information content (AvgIpc) is 3.30. The summed E-state index contributed by atoms with van der Waals surface area (Å²) in [4.78, 5) is 64.9. The highest BCUT2D eigenvalue weighted by molar-refractivity contribution is 8.01. The molecule has 2 atom stereocenters. The Morgan fingerprint density at radius 1 is 1.36 bits per heavy atom. The molecule has 0 aliphatic carbocycles. The van der Waals surface area contributed by atoms with Crippen LogP contribution in [0.2, 0.25) is 0 Å². The van der Waals surface area contributed by atoms with Gasteiger partial charge in [-0.3, -0.25) is 29.1 Å². The van der Waals surface area contributed by atoms with Gasteiger partial charge in [-0.15, -0.1) is 28.2 Å². The molecule has 2 amide bonds. The lowest BCUT2D eigenvalue weighted by atomic mass is 10.0. The van der Waals surface area contributed by atoms with Crippen molar-refractivity contribution in [1.29, 1.82) is 0 Å². The van der Waals surface area contributed by atoms with E-state index in [2.05, 4.69) is 15.4 Å². The molecule has 2 aromatic heterocycles. The summed E-state index contributed by atoms with van der Waals surface area (Å²) in [6, 6.07) is 2.89. The minimum Gasteiger partial charge on any atom is -0.477 e. The number of nitrogens with zero attached hydrogens (tertiary/aromatic N) is 3. The second kappa shape index (κ2) is 9.57. The van der Waals surface area contributed by atoms with Gasteiger partial charge in [-0.1, -0.05) is 17.8 Å². The van der Waals surface area contributed by atoms with Gasteiger partial charge < -0.3 is 10.4 Å². The van der Waals surface area contributed by atoms with E-state index < -0.39 is 34.4 Å². The molecule has 0 spiro atoms. The Morgan fingerprint density at radius 3 is 2.82 bits per heavy atom. The number of amides is 2. The van der Waals surface area contributed by atoms with Crippen LogP contribution in [0.5, 0.6) is 0 Å². The van der Waals surface area contributed by atoms with Crippen LogP contribution < -0.4 is 16.4 Å². The lowest BCUT2D eigenvalue weighted by Gasteiger charge is -2.49. The van der Waals surface area contributed by atoms with Crippen LogP contribution in [0.4, 0.5) is 0 Å². The maximum absolute atomic E-state index is 12.7. The van der Waals surface area contributed by atoms with Crippen molar-refractivity contribution in [2.75, 3.05) is 11.5 Å². The minimum absolute atomic E-state index is 0.119. The molecule has 2 aliphatic rings. The second-order valence-electron chi connectivity index (χ2n) is 7.14. The molecule has 1 saturated heterocycles. The predicted molar refractivity (Wildman–Crippen MR) is 123 cm³/mol. The van der Waals surface area contributed by atoms with Crippen molar-refractivity contribution >= 4 is 52.6 Å². The number of H-pyrrole nitrogens is 1. The van der Waals surface area contributed by atoms with Crippen molar-refractivity contribution in [2.24, 2.45) is 0 Å². The normalized spacial score (nSPS) is 19.8. The minimum atomic E-state index is -1.24. The fraction of sp³-hybridized carbons (Fsp3) is 0.368. The first-order valence-corrected chi connectivity index (χ1v) is 12.8. The molecule has 0 unspecified atom stereocenters. The number of carboxylic acid groups (broad SMARTS) is 1. The van der Waals surface area contributed by atoms with E-state index in [-0.39, 0.29) is 35.5 Å². The number of aromatic nitrogens is 3. The fourth-order valence-corrected chi connectivity index (χ4v) is 6.52. The van der Waals surface area contributed by atoms with Gasteiger partial charge in [0, 0.05) is 22.9 Å². The standard InChI is InChI=1S/C19H19N5O6S3/c1-2-23-16(28)14(26)21-19(22-23)33-8-9-7-32-17-12(15(27)24(17)13(9)18(29)30)20-11(25)6-10-4-3-5-31-10/h3-5,12,17H,2,6-8H2,1H3,(H,20,25)(H,29,30)(H,21,22,26)/t12-,17-/m1/s1. The quantitative estimate of drug-likeness (QED) is 0.255. The molecule has 33 heavy (non-hydrogen) atoms. The van der Waals surface area contributed by atoms with E-state index in [0.29, 0.717) is 11.3 Å². The first kappa shape index (κ1) is 23.3. The Labute approximate surface area is 199 Å². The van der Waals surface area contributed by atoms with Crippen LogP contribution in [0.25, 0.3) is 0 Å². The van der Waals surface area contributed by atoms with Crippen LogP contribution in [0.1, 0.15) is 11.8 Å². The smallest absolute Gasteiger partial charge is 0.352 e. The van der Waals surface area contributed by atoms with E-state index in [9.17, 15) is 29.1 Å². The van der Waals surface area contributed by atoms with E-state index in [0.717, 1.165) is 21.3 Å². The number of fused-ring (bicyclic) bond motifs is 1. The van der Waals surface area contributed by atoms with Crippen molar-refractivity contribution in [3.63, 3.8) is 0 Å².